The summed E-state index contributed by atoms with van der Waals surface area (Å²) in [6.45, 7) is 5.44. The van der Waals surface area contributed by atoms with Gasteiger partial charge in [-0.2, -0.15) is 0 Å². The van der Waals surface area contributed by atoms with Gasteiger partial charge in [0.1, 0.15) is 5.75 Å². The summed E-state index contributed by atoms with van der Waals surface area (Å²) in [6, 6.07) is 2.22. The molecule has 0 spiro atoms. The van der Waals surface area contributed by atoms with E-state index in [1.165, 1.54) is 11.1 Å². The predicted octanol–water partition coefficient (Wildman–Crippen LogP) is 2.95. The van der Waals surface area contributed by atoms with Gasteiger partial charge in [-0.1, -0.05) is 13.8 Å². The molecule has 2 unspecified atom stereocenters. The molecule has 0 radical (unpaired) electrons. The molecule has 1 aliphatic rings. The van der Waals surface area contributed by atoms with E-state index in [2.05, 4.69) is 19.2 Å². The zero-order chi connectivity index (χ0) is 14.7. The Balaban J connectivity index is 2.53. The van der Waals surface area contributed by atoms with Crippen molar-refractivity contribution in [1.82, 2.24) is 5.32 Å². The molecule has 0 saturated carbocycles. The van der Waals surface area contributed by atoms with Crippen LogP contribution in [-0.2, 0) is 6.42 Å². The largest absolute Gasteiger partial charge is 0.496 e. The lowest BCUT2D eigenvalue weighted by molar-refractivity contribution is 0.338. The highest BCUT2D eigenvalue weighted by Crippen LogP contribution is 2.49. The lowest BCUT2D eigenvalue weighted by Crippen LogP contribution is -2.25. The van der Waals surface area contributed by atoms with E-state index in [1.807, 2.05) is 6.07 Å². The first-order valence-electron chi connectivity index (χ1n) is 7.22. The number of ether oxygens (including phenoxy) is 3. The highest BCUT2D eigenvalue weighted by molar-refractivity contribution is 5.60. The number of hydrogen-bond acceptors (Lipinski definition) is 4. The first-order valence-corrected chi connectivity index (χ1v) is 7.22. The molecule has 1 aromatic rings. The predicted molar refractivity (Wildman–Crippen MR) is 80.0 cm³/mol. The van der Waals surface area contributed by atoms with Gasteiger partial charge in [0.05, 0.1) is 21.3 Å². The van der Waals surface area contributed by atoms with Crippen LogP contribution >= 0.6 is 0 Å². The Morgan fingerprint density at radius 2 is 1.85 bits per heavy atom. The summed E-state index contributed by atoms with van der Waals surface area (Å²) in [4.78, 5) is 0. The topological polar surface area (TPSA) is 39.7 Å². The van der Waals surface area contributed by atoms with Crippen molar-refractivity contribution in [3.63, 3.8) is 0 Å². The van der Waals surface area contributed by atoms with Gasteiger partial charge in [0.2, 0.25) is 0 Å². The standard InChI is InChI=1S/C16H25NO3/c1-6-7-17-15-10(2)8-11-12(18-3)9-13(19-4)16(20-5)14(11)15/h9-10,15,17H,6-8H2,1-5H3. The van der Waals surface area contributed by atoms with Crippen molar-refractivity contribution in [1.29, 1.82) is 0 Å². The summed E-state index contributed by atoms with van der Waals surface area (Å²) < 4.78 is 16.6. The average Bonchev–Trinajstić information content (AvgIpc) is 2.79. The van der Waals surface area contributed by atoms with Crippen molar-refractivity contribution in [3.8, 4) is 17.2 Å². The molecule has 0 saturated heterocycles. The summed E-state index contributed by atoms with van der Waals surface area (Å²) in [5.41, 5.74) is 2.44. The van der Waals surface area contributed by atoms with E-state index in [4.69, 9.17) is 14.2 Å². The Morgan fingerprint density at radius 1 is 1.15 bits per heavy atom. The summed E-state index contributed by atoms with van der Waals surface area (Å²) in [5.74, 6) is 2.98. The third-order valence-corrected chi connectivity index (χ3v) is 4.02. The van der Waals surface area contributed by atoms with Crippen LogP contribution in [0.3, 0.4) is 0 Å². The molecular weight excluding hydrogens is 254 g/mol. The van der Waals surface area contributed by atoms with Gasteiger partial charge < -0.3 is 19.5 Å². The number of hydrogen-bond donors (Lipinski definition) is 1. The molecule has 0 amide bonds. The molecule has 4 heteroatoms. The molecule has 0 bridgehead atoms. The molecule has 1 aliphatic carbocycles. The highest BCUT2D eigenvalue weighted by Gasteiger charge is 2.36. The van der Waals surface area contributed by atoms with Crippen molar-refractivity contribution in [2.45, 2.75) is 32.7 Å². The lowest BCUT2D eigenvalue weighted by atomic mass is 10.0. The van der Waals surface area contributed by atoms with Crippen LogP contribution < -0.4 is 19.5 Å². The van der Waals surface area contributed by atoms with Gasteiger partial charge in [0.15, 0.2) is 11.5 Å². The van der Waals surface area contributed by atoms with Gasteiger partial charge in [-0.3, -0.25) is 0 Å². The van der Waals surface area contributed by atoms with Crippen molar-refractivity contribution in [3.05, 3.63) is 17.2 Å². The Morgan fingerprint density at radius 3 is 2.40 bits per heavy atom. The maximum atomic E-state index is 5.62. The van der Waals surface area contributed by atoms with Crippen LogP contribution in [0.2, 0.25) is 0 Å². The normalized spacial score (nSPS) is 20.6. The minimum atomic E-state index is 0.295. The van der Waals surface area contributed by atoms with Crippen LogP contribution in [0.25, 0.3) is 0 Å². The molecule has 2 rings (SSSR count). The Bertz CT molecular complexity index is 473. The van der Waals surface area contributed by atoms with E-state index < -0.39 is 0 Å². The van der Waals surface area contributed by atoms with Gasteiger partial charge >= 0.3 is 0 Å². The zero-order valence-electron chi connectivity index (χ0n) is 13.1. The molecular formula is C16H25NO3. The van der Waals surface area contributed by atoms with E-state index in [9.17, 15) is 0 Å². The van der Waals surface area contributed by atoms with Crippen LogP contribution in [0.15, 0.2) is 6.07 Å². The van der Waals surface area contributed by atoms with Crippen molar-refractivity contribution >= 4 is 0 Å². The Kier molecular flexibility index (Phi) is 4.76. The third kappa shape index (κ3) is 2.44. The minimum Gasteiger partial charge on any atom is -0.496 e. The van der Waals surface area contributed by atoms with Gasteiger partial charge in [-0.05, 0) is 25.3 Å². The van der Waals surface area contributed by atoms with Crippen LogP contribution in [0.1, 0.15) is 37.4 Å². The molecule has 1 N–H and O–H groups in total. The minimum absolute atomic E-state index is 0.295. The van der Waals surface area contributed by atoms with E-state index >= 15 is 0 Å². The Labute approximate surface area is 121 Å². The fourth-order valence-electron chi connectivity index (χ4n) is 3.09. The summed E-state index contributed by atoms with van der Waals surface area (Å²) in [6.07, 6.45) is 2.11. The van der Waals surface area contributed by atoms with Gasteiger partial charge in [0, 0.05) is 23.2 Å². The molecule has 0 fully saturated rings. The second-order valence-electron chi connectivity index (χ2n) is 5.32. The molecule has 1 aromatic carbocycles. The van der Waals surface area contributed by atoms with E-state index in [1.54, 1.807) is 21.3 Å². The summed E-state index contributed by atoms with van der Waals surface area (Å²) in [5, 5.41) is 3.62. The SMILES string of the molecule is CCCNC1c2c(c(OC)cc(OC)c2OC)CC1C. The van der Waals surface area contributed by atoms with E-state index in [0.717, 1.165) is 36.6 Å². The van der Waals surface area contributed by atoms with Gasteiger partial charge in [-0.25, -0.2) is 0 Å². The molecule has 0 heterocycles. The second kappa shape index (κ2) is 6.35. The van der Waals surface area contributed by atoms with Crippen LogP contribution in [-0.4, -0.2) is 27.9 Å². The first kappa shape index (κ1) is 15.0. The molecule has 0 aliphatic heterocycles. The number of fused-ring (bicyclic) bond motifs is 1. The maximum Gasteiger partial charge on any atom is 0.166 e. The number of nitrogens with one attached hydrogen (secondary N) is 1. The van der Waals surface area contributed by atoms with Gasteiger partial charge in [-0.15, -0.1) is 0 Å². The monoisotopic (exact) mass is 279 g/mol. The quantitative estimate of drug-likeness (QED) is 0.869. The second-order valence-corrected chi connectivity index (χ2v) is 5.32. The lowest BCUT2D eigenvalue weighted by Gasteiger charge is -2.22. The van der Waals surface area contributed by atoms with Crippen LogP contribution in [0, 0.1) is 5.92 Å². The van der Waals surface area contributed by atoms with Crippen molar-refractivity contribution in [2.24, 2.45) is 5.92 Å². The summed E-state index contributed by atoms with van der Waals surface area (Å²) >= 11 is 0. The number of rotatable bonds is 6. The first-order chi connectivity index (χ1) is 9.67. The number of benzene rings is 1. The smallest absolute Gasteiger partial charge is 0.166 e. The molecule has 112 valence electrons. The number of methoxy groups -OCH3 is 3. The summed E-state index contributed by atoms with van der Waals surface area (Å²) in [7, 11) is 5.07. The van der Waals surface area contributed by atoms with Gasteiger partial charge in [0.25, 0.3) is 0 Å². The van der Waals surface area contributed by atoms with Crippen molar-refractivity contribution < 1.29 is 14.2 Å². The maximum absolute atomic E-state index is 5.62. The molecule has 0 aromatic heterocycles. The highest BCUT2D eigenvalue weighted by atomic mass is 16.5. The fraction of sp³-hybridized carbons (Fsp3) is 0.625. The third-order valence-electron chi connectivity index (χ3n) is 4.02. The molecule has 4 nitrogen and oxygen atoms in total. The molecule has 2 atom stereocenters. The zero-order valence-corrected chi connectivity index (χ0v) is 13.1. The molecule has 20 heavy (non-hydrogen) atoms. The Hall–Kier alpha value is -1.42. The fourth-order valence-corrected chi connectivity index (χ4v) is 3.09. The van der Waals surface area contributed by atoms with Crippen LogP contribution in [0.5, 0.6) is 17.2 Å². The van der Waals surface area contributed by atoms with E-state index in [0.29, 0.717) is 12.0 Å². The van der Waals surface area contributed by atoms with E-state index in [-0.39, 0.29) is 0 Å². The van der Waals surface area contributed by atoms with Crippen LogP contribution in [0.4, 0.5) is 0 Å². The van der Waals surface area contributed by atoms with Crippen molar-refractivity contribution in [2.75, 3.05) is 27.9 Å². The average molecular weight is 279 g/mol.